The number of hydrogen-bond acceptors (Lipinski definition) is 1. The highest BCUT2D eigenvalue weighted by Crippen LogP contribution is 2.26. The molecular formula is C10H10ClFN2. The summed E-state index contributed by atoms with van der Waals surface area (Å²) in [4.78, 5) is 0. The van der Waals surface area contributed by atoms with Crippen LogP contribution >= 0.6 is 11.6 Å². The maximum Gasteiger partial charge on any atom is 0.142 e. The molecule has 1 heterocycles. The van der Waals surface area contributed by atoms with E-state index in [1.165, 1.54) is 6.07 Å². The zero-order valence-corrected chi connectivity index (χ0v) is 8.26. The fraction of sp³-hybridized carbons (Fsp3) is 0.200. The molecule has 0 saturated carbocycles. The van der Waals surface area contributed by atoms with Crippen molar-refractivity contribution in [2.75, 3.05) is 6.54 Å². The number of nitrogens with zero attached hydrogens (tertiary/aromatic N) is 1. The predicted molar refractivity (Wildman–Crippen MR) is 56.0 cm³/mol. The molecule has 1 aromatic heterocycles. The number of rotatable bonds is 2. The summed E-state index contributed by atoms with van der Waals surface area (Å²) in [5.74, 6) is -0.385. The number of hydrogen-bond donors (Lipinski definition) is 1. The molecule has 2 N–H and O–H groups in total. The molecule has 0 bridgehead atoms. The van der Waals surface area contributed by atoms with Crippen molar-refractivity contribution in [1.82, 2.24) is 4.57 Å². The molecule has 14 heavy (non-hydrogen) atoms. The molecule has 0 amide bonds. The van der Waals surface area contributed by atoms with Crippen LogP contribution in [-0.4, -0.2) is 11.1 Å². The molecule has 0 radical (unpaired) electrons. The van der Waals surface area contributed by atoms with Crippen LogP contribution in [0.25, 0.3) is 10.9 Å². The normalized spacial score (nSPS) is 11.1. The molecule has 0 aliphatic rings. The number of fused-ring (bicyclic) bond motifs is 1. The van der Waals surface area contributed by atoms with Crippen molar-refractivity contribution in [3.63, 3.8) is 0 Å². The highest BCUT2D eigenvalue weighted by molar-refractivity contribution is 6.35. The van der Waals surface area contributed by atoms with Crippen molar-refractivity contribution < 1.29 is 4.39 Å². The van der Waals surface area contributed by atoms with Crippen LogP contribution in [0.5, 0.6) is 0 Å². The average molecular weight is 213 g/mol. The van der Waals surface area contributed by atoms with E-state index in [2.05, 4.69) is 0 Å². The Balaban J connectivity index is 2.64. The summed E-state index contributed by atoms with van der Waals surface area (Å²) >= 11 is 5.82. The van der Waals surface area contributed by atoms with E-state index in [0.717, 1.165) is 10.9 Å². The summed E-state index contributed by atoms with van der Waals surface area (Å²) in [5, 5.41) is 0.915. The molecule has 4 heteroatoms. The summed E-state index contributed by atoms with van der Waals surface area (Å²) in [6.07, 6.45) is 1.86. The van der Waals surface area contributed by atoms with Gasteiger partial charge in [-0.1, -0.05) is 11.6 Å². The van der Waals surface area contributed by atoms with E-state index in [4.69, 9.17) is 17.3 Å². The van der Waals surface area contributed by atoms with Crippen molar-refractivity contribution in [3.8, 4) is 0 Å². The van der Waals surface area contributed by atoms with Crippen molar-refractivity contribution >= 4 is 22.5 Å². The lowest BCUT2D eigenvalue weighted by Crippen LogP contribution is -2.08. The van der Waals surface area contributed by atoms with Gasteiger partial charge in [0.15, 0.2) is 0 Å². The zero-order valence-electron chi connectivity index (χ0n) is 7.50. The summed E-state index contributed by atoms with van der Waals surface area (Å²) in [7, 11) is 0. The van der Waals surface area contributed by atoms with E-state index >= 15 is 0 Å². The van der Waals surface area contributed by atoms with Gasteiger partial charge in [0.05, 0.1) is 5.02 Å². The Hall–Kier alpha value is -1.06. The average Bonchev–Trinajstić information content (AvgIpc) is 2.57. The third-order valence-corrected chi connectivity index (χ3v) is 2.59. The third kappa shape index (κ3) is 1.38. The molecule has 1 aromatic carbocycles. The van der Waals surface area contributed by atoms with Gasteiger partial charge in [0.1, 0.15) is 5.82 Å². The smallest absolute Gasteiger partial charge is 0.142 e. The molecule has 0 aliphatic carbocycles. The summed E-state index contributed by atoms with van der Waals surface area (Å²) in [5.41, 5.74) is 6.37. The minimum Gasteiger partial charge on any atom is -0.346 e. The Morgan fingerprint density at radius 2 is 2.14 bits per heavy atom. The molecule has 2 aromatic rings. The van der Waals surface area contributed by atoms with Gasteiger partial charge in [-0.3, -0.25) is 0 Å². The first kappa shape index (κ1) is 9.49. The van der Waals surface area contributed by atoms with Crippen LogP contribution in [0.1, 0.15) is 0 Å². The minimum absolute atomic E-state index is 0.179. The number of nitrogens with two attached hydrogens (primary N) is 1. The largest absolute Gasteiger partial charge is 0.346 e. The van der Waals surface area contributed by atoms with Crippen molar-refractivity contribution in [2.24, 2.45) is 5.73 Å². The lowest BCUT2D eigenvalue weighted by atomic mass is 10.2. The first-order chi connectivity index (χ1) is 6.74. The van der Waals surface area contributed by atoms with Gasteiger partial charge in [0.2, 0.25) is 0 Å². The molecule has 0 saturated heterocycles. The Labute approximate surface area is 86.1 Å². The molecule has 0 unspecified atom stereocenters. The molecule has 0 atom stereocenters. The Kier molecular flexibility index (Phi) is 2.44. The van der Waals surface area contributed by atoms with E-state index in [1.807, 2.05) is 10.8 Å². The van der Waals surface area contributed by atoms with E-state index in [9.17, 15) is 4.39 Å². The number of halogens is 2. The van der Waals surface area contributed by atoms with Gasteiger partial charge in [-0.25, -0.2) is 4.39 Å². The van der Waals surface area contributed by atoms with Gasteiger partial charge in [-0.15, -0.1) is 0 Å². The minimum atomic E-state index is -0.385. The van der Waals surface area contributed by atoms with E-state index in [-0.39, 0.29) is 10.8 Å². The second-order valence-electron chi connectivity index (χ2n) is 3.09. The van der Waals surface area contributed by atoms with E-state index < -0.39 is 0 Å². The fourth-order valence-electron chi connectivity index (χ4n) is 1.54. The van der Waals surface area contributed by atoms with Gasteiger partial charge < -0.3 is 10.3 Å². The van der Waals surface area contributed by atoms with Crippen LogP contribution in [0.15, 0.2) is 24.4 Å². The molecule has 0 aliphatic heterocycles. The Bertz CT molecular complexity index is 464. The Morgan fingerprint density at radius 1 is 1.36 bits per heavy atom. The number of benzene rings is 1. The van der Waals surface area contributed by atoms with Crippen molar-refractivity contribution in [1.29, 1.82) is 0 Å². The van der Waals surface area contributed by atoms with E-state index in [0.29, 0.717) is 13.1 Å². The third-order valence-electron chi connectivity index (χ3n) is 2.21. The second-order valence-corrected chi connectivity index (χ2v) is 3.47. The first-order valence-corrected chi connectivity index (χ1v) is 4.74. The molecule has 2 rings (SSSR count). The summed E-state index contributed by atoms with van der Waals surface area (Å²) < 4.78 is 15.0. The highest BCUT2D eigenvalue weighted by atomic mass is 35.5. The predicted octanol–water partition coefficient (Wildman–Crippen LogP) is 2.39. The fourth-order valence-corrected chi connectivity index (χ4v) is 1.77. The van der Waals surface area contributed by atoms with Crippen molar-refractivity contribution in [2.45, 2.75) is 6.54 Å². The van der Waals surface area contributed by atoms with Crippen LogP contribution in [0.3, 0.4) is 0 Å². The SMILES string of the molecule is NCCn1ccc2c(Cl)c(F)ccc21. The van der Waals surface area contributed by atoms with Gasteiger partial charge >= 0.3 is 0 Å². The molecule has 2 nitrogen and oxygen atoms in total. The quantitative estimate of drug-likeness (QED) is 0.814. The van der Waals surface area contributed by atoms with Crippen molar-refractivity contribution in [3.05, 3.63) is 35.2 Å². The maximum atomic E-state index is 13.1. The van der Waals surface area contributed by atoms with Gasteiger partial charge in [-0.05, 0) is 18.2 Å². The highest BCUT2D eigenvalue weighted by Gasteiger charge is 2.07. The topological polar surface area (TPSA) is 30.9 Å². The molecular weight excluding hydrogens is 203 g/mol. The molecule has 74 valence electrons. The van der Waals surface area contributed by atoms with Crippen LogP contribution in [0.4, 0.5) is 4.39 Å². The lowest BCUT2D eigenvalue weighted by molar-refractivity contribution is 0.629. The van der Waals surface area contributed by atoms with Gasteiger partial charge in [0, 0.05) is 30.2 Å². The van der Waals surface area contributed by atoms with Crippen LogP contribution in [0.2, 0.25) is 5.02 Å². The summed E-state index contributed by atoms with van der Waals surface area (Å²) in [6, 6.07) is 4.89. The van der Waals surface area contributed by atoms with Crippen LogP contribution < -0.4 is 5.73 Å². The lowest BCUT2D eigenvalue weighted by Gasteiger charge is -2.03. The van der Waals surface area contributed by atoms with Crippen LogP contribution in [0, 0.1) is 5.82 Å². The van der Waals surface area contributed by atoms with Gasteiger partial charge in [0.25, 0.3) is 0 Å². The van der Waals surface area contributed by atoms with Crippen LogP contribution in [-0.2, 0) is 6.54 Å². The standard InChI is InChI=1S/C10H10ClFN2/c11-10-7-3-5-14(6-4-13)9(7)2-1-8(10)12/h1-3,5H,4,6,13H2. The second kappa shape index (κ2) is 3.59. The zero-order chi connectivity index (χ0) is 10.1. The monoisotopic (exact) mass is 212 g/mol. The number of aromatic nitrogens is 1. The van der Waals surface area contributed by atoms with E-state index in [1.54, 1.807) is 12.1 Å². The summed E-state index contributed by atoms with van der Waals surface area (Å²) in [6.45, 7) is 1.27. The molecule has 0 fully saturated rings. The first-order valence-electron chi connectivity index (χ1n) is 4.37. The maximum absolute atomic E-state index is 13.1. The van der Waals surface area contributed by atoms with Gasteiger partial charge in [-0.2, -0.15) is 0 Å². The molecule has 0 spiro atoms. The Morgan fingerprint density at radius 3 is 2.86 bits per heavy atom.